The maximum Gasteiger partial charge on any atom is 0.273 e. The molecule has 0 aliphatic heterocycles. The number of carbonyl (C=O) groups is 1. The Morgan fingerprint density at radius 1 is 1.16 bits per heavy atom. The zero-order valence-electron chi connectivity index (χ0n) is 19.0. The fourth-order valence-electron chi connectivity index (χ4n) is 3.51. The first kappa shape index (κ1) is 21.5. The van der Waals surface area contributed by atoms with Gasteiger partial charge < -0.3 is 10.6 Å². The molecule has 0 saturated heterocycles. The van der Waals surface area contributed by atoms with Gasteiger partial charge in [-0.25, -0.2) is 14.6 Å². The Kier molecular flexibility index (Phi) is 5.89. The van der Waals surface area contributed by atoms with Crippen LogP contribution in [0.3, 0.4) is 0 Å². The Labute approximate surface area is 186 Å². The highest BCUT2D eigenvalue weighted by Crippen LogP contribution is 2.23. The SMILES string of the molecule is CCn1nc(C(C)C)cc1C(=O)Nc1cccc([C@H](C)Nc2cnc3cnn(C)c3n2)c1. The van der Waals surface area contributed by atoms with Crippen molar-refractivity contribution < 1.29 is 4.79 Å². The quantitative estimate of drug-likeness (QED) is 0.455. The van der Waals surface area contributed by atoms with Crippen molar-refractivity contribution in [1.29, 1.82) is 0 Å². The van der Waals surface area contributed by atoms with Gasteiger partial charge in [-0.15, -0.1) is 0 Å². The third kappa shape index (κ3) is 4.32. The second-order valence-corrected chi connectivity index (χ2v) is 8.10. The van der Waals surface area contributed by atoms with E-state index >= 15 is 0 Å². The highest BCUT2D eigenvalue weighted by atomic mass is 16.2. The number of hydrogen-bond donors (Lipinski definition) is 2. The molecule has 32 heavy (non-hydrogen) atoms. The Balaban J connectivity index is 1.50. The van der Waals surface area contributed by atoms with Gasteiger partial charge in [0, 0.05) is 19.3 Å². The number of anilines is 2. The van der Waals surface area contributed by atoms with E-state index in [2.05, 4.69) is 44.6 Å². The molecule has 0 aliphatic rings. The van der Waals surface area contributed by atoms with Crippen molar-refractivity contribution in [3.05, 3.63) is 59.7 Å². The van der Waals surface area contributed by atoms with Crippen molar-refractivity contribution in [2.45, 2.75) is 46.2 Å². The predicted octanol–water partition coefficient (Wildman–Crippen LogP) is 4.13. The molecule has 0 unspecified atom stereocenters. The van der Waals surface area contributed by atoms with Gasteiger partial charge in [-0.2, -0.15) is 10.2 Å². The standard InChI is InChI=1S/C23H28N8O/c1-6-31-20(11-18(29-31)14(2)3)23(32)27-17-9-7-8-16(10-17)15(4)26-21-13-24-19-12-25-30(5)22(19)28-21/h7-15H,6H2,1-5H3,(H,26,28)(H,27,32)/t15-/m0/s1. The molecule has 1 amide bonds. The topological polar surface area (TPSA) is 103 Å². The molecular formula is C23H28N8O. The molecule has 3 heterocycles. The maximum absolute atomic E-state index is 12.9. The first-order chi connectivity index (χ1) is 15.4. The van der Waals surface area contributed by atoms with Gasteiger partial charge in [0.1, 0.15) is 17.0 Å². The number of amides is 1. The molecule has 2 N–H and O–H groups in total. The van der Waals surface area contributed by atoms with E-state index in [1.807, 2.05) is 51.2 Å². The minimum absolute atomic E-state index is 0.0412. The highest BCUT2D eigenvalue weighted by molar-refractivity contribution is 6.03. The molecule has 166 valence electrons. The van der Waals surface area contributed by atoms with E-state index < -0.39 is 0 Å². The number of rotatable bonds is 7. The van der Waals surface area contributed by atoms with Crippen LogP contribution in [0.5, 0.6) is 0 Å². The molecule has 0 spiro atoms. The van der Waals surface area contributed by atoms with Gasteiger partial charge in [0.15, 0.2) is 5.65 Å². The molecule has 1 aromatic carbocycles. The number of fused-ring (bicyclic) bond motifs is 1. The maximum atomic E-state index is 12.9. The van der Waals surface area contributed by atoms with Crippen LogP contribution >= 0.6 is 0 Å². The fourth-order valence-corrected chi connectivity index (χ4v) is 3.51. The van der Waals surface area contributed by atoms with Crippen molar-refractivity contribution in [3.63, 3.8) is 0 Å². The smallest absolute Gasteiger partial charge is 0.273 e. The second kappa shape index (κ2) is 8.78. The lowest BCUT2D eigenvalue weighted by Gasteiger charge is -2.16. The number of nitrogens with one attached hydrogen (secondary N) is 2. The summed E-state index contributed by atoms with van der Waals surface area (Å²) in [5.41, 5.74) is 4.69. The zero-order valence-corrected chi connectivity index (χ0v) is 19.0. The predicted molar refractivity (Wildman–Crippen MR) is 125 cm³/mol. The molecule has 0 bridgehead atoms. The average Bonchev–Trinajstić information content (AvgIpc) is 3.38. The molecule has 0 radical (unpaired) electrons. The Morgan fingerprint density at radius 3 is 2.72 bits per heavy atom. The summed E-state index contributed by atoms with van der Waals surface area (Å²) < 4.78 is 3.44. The summed E-state index contributed by atoms with van der Waals surface area (Å²) in [4.78, 5) is 21.9. The van der Waals surface area contributed by atoms with Crippen molar-refractivity contribution in [1.82, 2.24) is 29.5 Å². The summed E-state index contributed by atoms with van der Waals surface area (Å²) >= 11 is 0. The normalized spacial score (nSPS) is 12.3. The van der Waals surface area contributed by atoms with E-state index in [0.29, 0.717) is 18.1 Å². The molecule has 0 fully saturated rings. The average molecular weight is 433 g/mol. The fraction of sp³-hybridized carbons (Fsp3) is 0.348. The van der Waals surface area contributed by atoms with E-state index in [1.165, 1.54) is 0 Å². The van der Waals surface area contributed by atoms with Crippen molar-refractivity contribution in [2.75, 3.05) is 10.6 Å². The Morgan fingerprint density at radius 2 is 1.97 bits per heavy atom. The Hall–Kier alpha value is -3.75. The van der Waals surface area contributed by atoms with E-state index in [0.717, 1.165) is 28.1 Å². The third-order valence-electron chi connectivity index (χ3n) is 5.37. The van der Waals surface area contributed by atoms with Gasteiger partial charge in [0.25, 0.3) is 5.91 Å². The second-order valence-electron chi connectivity index (χ2n) is 8.10. The van der Waals surface area contributed by atoms with Crippen molar-refractivity contribution in [2.24, 2.45) is 7.05 Å². The summed E-state index contributed by atoms with van der Waals surface area (Å²) in [6.45, 7) is 8.79. The van der Waals surface area contributed by atoms with Crippen LogP contribution < -0.4 is 10.6 Å². The van der Waals surface area contributed by atoms with Crippen LogP contribution in [0, 0.1) is 0 Å². The lowest BCUT2D eigenvalue weighted by atomic mass is 10.1. The largest absolute Gasteiger partial charge is 0.362 e. The van der Waals surface area contributed by atoms with Gasteiger partial charge in [0.2, 0.25) is 0 Å². The molecule has 4 rings (SSSR count). The lowest BCUT2D eigenvalue weighted by molar-refractivity contribution is 0.101. The monoisotopic (exact) mass is 432 g/mol. The number of nitrogens with zero attached hydrogens (tertiary/aromatic N) is 6. The van der Waals surface area contributed by atoms with Crippen LogP contribution in [0.25, 0.3) is 11.2 Å². The van der Waals surface area contributed by atoms with Crippen LogP contribution in [-0.2, 0) is 13.6 Å². The third-order valence-corrected chi connectivity index (χ3v) is 5.37. The first-order valence-corrected chi connectivity index (χ1v) is 10.8. The van der Waals surface area contributed by atoms with Crippen LogP contribution in [0.15, 0.2) is 42.7 Å². The van der Waals surface area contributed by atoms with Crippen LogP contribution in [0.2, 0.25) is 0 Å². The summed E-state index contributed by atoms with van der Waals surface area (Å²) in [6, 6.07) is 9.60. The molecule has 3 aromatic heterocycles. The van der Waals surface area contributed by atoms with E-state index in [1.54, 1.807) is 21.8 Å². The number of carbonyl (C=O) groups excluding carboxylic acids is 1. The van der Waals surface area contributed by atoms with Crippen LogP contribution in [-0.4, -0.2) is 35.4 Å². The summed E-state index contributed by atoms with van der Waals surface area (Å²) in [5.74, 6) is 0.755. The lowest BCUT2D eigenvalue weighted by Crippen LogP contribution is -2.17. The number of benzene rings is 1. The summed E-state index contributed by atoms with van der Waals surface area (Å²) in [5, 5.41) is 15.1. The van der Waals surface area contributed by atoms with Gasteiger partial charge in [0.05, 0.1) is 24.1 Å². The van der Waals surface area contributed by atoms with E-state index in [9.17, 15) is 4.79 Å². The molecular weight excluding hydrogens is 404 g/mol. The highest BCUT2D eigenvalue weighted by Gasteiger charge is 2.17. The Bertz CT molecular complexity index is 1260. The molecule has 0 aliphatic carbocycles. The number of aryl methyl sites for hydroxylation is 2. The molecule has 0 saturated carbocycles. The number of aromatic nitrogens is 6. The van der Waals surface area contributed by atoms with Crippen LogP contribution in [0.4, 0.5) is 11.5 Å². The molecule has 1 atom stereocenters. The van der Waals surface area contributed by atoms with E-state index in [4.69, 9.17) is 0 Å². The van der Waals surface area contributed by atoms with Gasteiger partial charge in [-0.05, 0) is 43.5 Å². The van der Waals surface area contributed by atoms with Gasteiger partial charge in [-0.1, -0.05) is 26.0 Å². The zero-order chi connectivity index (χ0) is 22.8. The van der Waals surface area contributed by atoms with Gasteiger partial charge >= 0.3 is 0 Å². The summed E-state index contributed by atoms with van der Waals surface area (Å²) in [7, 11) is 1.84. The first-order valence-electron chi connectivity index (χ1n) is 10.8. The minimum Gasteiger partial charge on any atom is -0.362 e. The number of hydrogen-bond acceptors (Lipinski definition) is 6. The minimum atomic E-state index is -0.170. The summed E-state index contributed by atoms with van der Waals surface area (Å²) in [6.07, 6.45) is 3.39. The van der Waals surface area contributed by atoms with Crippen LogP contribution in [0.1, 0.15) is 61.4 Å². The van der Waals surface area contributed by atoms with Crippen molar-refractivity contribution >= 4 is 28.6 Å². The molecule has 9 heteroatoms. The van der Waals surface area contributed by atoms with Crippen molar-refractivity contribution in [3.8, 4) is 0 Å². The van der Waals surface area contributed by atoms with E-state index in [-0.39, 0.29) is 17.9 Å². The molecule has 9 nitrogen and oxygen atoms in total. The van der Waals surface area contributed by atoms with Gasteiger partial charge in [-0.3, -0.25) is 9.48 Å². The molecule has 4 aromatic rings.